The standard InChI is InChI=1S/C19H26N2O2/c1-15-6-5-7-16(12-15)13-19(14-20)8-10-21(11-9-19)17(22)23-18(2,3)4/h5-7,12H,8-11,13H2,1-4H3. The first-order chi connectivity index (χ1) is 10.7. The average molecular weight is 314 g/mol. The number of carbonyl (C=O) groups is 1. The van der Waals surface area contributed by atoms with Crippen LogP contribution in [0.3, 0.4) is 0 Å². The molecule has 0 bridgehead atoms. The largest absolute Gasteiger partial charge is 0.444 e. The van der Waals surface area contributed by atoms with Gasteiger partial charge in [-0.15, -0.1) is 0 Å². The third-order valence-electron chi connectivity index (χ3n) is 4.23. The Kier molecular flexibility index (Phi) is 4.99. The maximum Gasteiger partial charge on any atom is 0.410 e. The third-order valence-corrected chi connectivity index (χ3v) is 4.23. The van der Waals surface area contributed by atoms with Crippen LogP contribution in [0, 0.1) is 23.7 Å². The van der Waals surface area contributed by atoms with Gasteiger partial charge in [0.05, 0.1) is 11.5 Å². The van der Waals surface area contributed by atoms with E-state index >= 15 is 0 Å². The molecule has 1 amide bonds. The number of hydrogen-bond donors (Lipinski definition) is 0. The number of amides is 1. The summed E-state index contributed by atoms with van der Waals surface area (Å²) in [6.45, 7) is 8.82. The maximum absolute atomic E-state index is 12.1. The molecule has 0 N–H and O–H groups in total. The molecule has 23 heavy (non-hydrogen) atoms. The summed E-state index contributed by atoms with van der Waals surface area (Å²) in [6.07, 6.45) is 1.85. The van der Waals surface area contributed by atoms with Crippen molar-refractivity contribution in [3.63, 3.8) is 0 Å². The minimum atomic E-state index is -0.484. The highest BCUT2D eigenvalue weighted by atomic mass is 16.6. The van der Waals surface area contributed by atoms with Crippen LogP contribution in [0.5, 0.6) is 0 Å². The smallest absolute Gasteiger partial charge is 0.410 e. The van der Waals surface area contributed by atoms with Gasteiger partial charge in [-0.1, -0.05) is 29.8 Å². The van der Waals surface area contributed by atoms with Gasteiger partial charge in [-0.25, -0.2) is 4.79 Å². The molecule has 2 rings (SSSR count). The molecule has 1 aromatic rings. The van der Waals surface area contributed by atoms with Crippen molar-refractivity contribution in [1.82, 2.24) is 4.90 Å². The summed E-state index contributed by atoms with van der Waals surface area (Å²) in [6, 6.07) is 10.8. The van der Waals surface area contributed by atoms with E-state index in [1.165, 1.54) is 11.1 Å². The van der Waals surface area contributed by atoms with Crippen LogP contribution in [-0.4, -0.2) is 29.7 Å². The number of carbonyl (C=O) groups excluding carboxylic acids is 1. The predicted molar refractivity (Wildman–Crippen MR) is 90.0 cm³/mol. The predicted octanol–water partition coefficient (Wildman–Crippen LogP) is 4.08. The quantitative estimate of drug-likeness (QED) is 0.826. The van der Waals surface area contributed by atoms with E-state index < -0.39 is 5.60 Å². The molecular formula is C19H26N2O2. The van der Waals surface area contributed by atoms with Crippen molar-refractivity contribution in [2.45, 2.75) is 52.6 Å². The fourth-order valence-corrected chi connectivity index (χ4v) is 2.98. The van der Waals surface area contributed by atoms with E-state index in [1.807, 2.05) is 26.8 Å². The number of hydrogen-bond acceptors (Lipinski definition) is 3. The Bertz CT molecular complexity index is 603. The molecule has 0 aromatic heterocycles. The number of nitriles is 1. The number of ether oxygens (including phenoxy) is 1. The van der Waals surface area contributed by atoms with Crippen molar-refractivity contribution < 1.29 is 9.53 Å². The fraction of sp³-hybridized carbons (Fsp3) is 0.579. The van der Waals surface area contributed by atoms with Crippen LogP contribution < -0.4 is 0 Å². The summed E-state index contributed by atoms with van der Waals surface area (Å²) in [7, 11) is 0. The van der Waals surface area contributed by atoms with Crippen molar-refractivity contribution in [1.29, 1.82) is 5.26 Å². The molecule has 1 aliphatic heterocycles. The molecule has 0 radical (unpaired) electrons. The van der Waals surface area contributed by atoms with Crippen molar-refractivity contribution >= 4 is 6.09 Å². The Morgan fingerprint density at radius 1 is 1.35 bits per heavy atom. The second-order valence-corrected chi connectivity index (χ2v) is 7.53. The zero-order chi connectivity index (χ0) is 17.1. The van der Waals surface area contributed by atoms with Crippen molar-refractivity contribution in [3.05, 3.63) is 35.4 Å². The van der Waals surface area contributed by atoms with Crippen LogP contribution in [0.25, 0.3) is 0 Å². The molecule has 1 saturated heterocycles. The van der Waals surface area contributed by atoms with Crippen LogP contribution in [0.4, 0.5) is 4.79 Å². The molecule has 0 atom stereocenters. The van der Waals surface area contributed by atoms with Crippen LogP contribution in [0.15, 0.2) is 24.3 Å². The van der Waals surface area contributed by atoms with Gasteiger partial charge in [0, 0.05) is 13.1 Å². The molecule has 1 aromatic carbocycles. The Balaban J connectivity index is 2.00. The van der Waals surface area contributed by atoms with Crippen molar-refractivity contribution in [3.8, 4) is 6.07 Å². The lowest BCUT2D eigenvalue weighted by Gasteiger charge is -2.38. The number of rotatable bonds is 2. The molecule has 0 spiro atoms. The summed E-state index contributed by atoms with van der Waals surface area (Å²) in [5, 5.41) is 9.70. The molecule has 124 valence electrons. The lowest BCUT2D eigenvalue weighted by atomic mass is 9.75. The SMILES string of the molecule is Cc1cccc(CC2(C#N)CCN(C(=O)OC(C)(C)C)CC2)c1. The monoisotopic (exact) mass is 314 g/mol. The molecule has 1 fully saturated rings. The summed E-state index contributed by atoms with van der Waals surface area (Å²) < 4.78 is 5.42. The zero-order valence-electron chi connectivity index (χ0n) is 14.6. The maximum atomic E-state index is 12.1. The molecule has 0 aliphatic carbocycles. The van der Waals surface area contributed by atoms with Gasteiger partial charge >= 0.3 is 6.09 Å². The molecule has 0 unspecified atom stereocenters. The van der Waals surface area contributed by atoms with Crippen LogP contribution in [0.1, 0.15) is 44.7 Å². The number of aryl methyl sites for hydroxylation is 1. The number of nitrogens with zero attached hydrogens (tertiary/aromatic N) is 2. The second kappa shape index (κ2) is 6.62. The van der Waals surface area contributed by atoms with E-state index in [9.17, 15) is 10.1 Å². The topological polar surface area (TPSA) is 53.3 Å². The first-order valence-corrected chi connectivity index (χ1v) is 8.18. The number of likely N-dealkylation sites (tertiary alicyclic amines) is 1. The second-order valence-electron chi connectivity index (χ2n) is 7.53. The number of piperidine rings is 1. The van der Waals surface area contributed by atoms with E-state index in [1.54, 1.807) is 4.90 Å². The van der Waals surface area contributed by atoms with E-state index in [0.717, 1.165) is 6.42 Å². The Labute approximate surface area is 139 Å². The van der Waals surface area contributed by atoms with Crippen molar-refractivity contribution in [2.24, 2.45) is 5.41 Å². The Morgan fingerprint density at radius 3 is 2.52 bits per heavy atom. The van der Waals surface area contributed by atoms with Crippen LogP contribution >= 0.6 is 0 Å². The normalized spacial score (nSPS) is 17.4. The van der Waals surface area contributed by atoms with Gasteiger partial charge in [-0.2, -0.15) is 5.26 Å². The molecule has 1 heterocycles. The van der Waals surface area contributed by atoms with E-state index in [-0.39, 0.29) is 11.5 Å². The van der Waals surface area contributed by atoms with E-state index in [0.29, 0.717) is 25.9 Å². The lowest BCUT2D eigenvalue weighted by molar-refractivity contribution is 0.0148. The Morgan fingerprint density at radius 2 is 2.00 bits per heavy atom. The van der Waals surface area contributed by atoms with Gasteiger partial charge in [0.25, 0.3) is 0 Å². The van der Waals surface area contributed by atoms with Gasteiger partial charge in [-0.3, -0.25) is 0 Å². The van der Waals surface area contributed by atoms with E-state index in [2.05, 4.69) is 31.2 Å². The van der Waals surface area contributed by atoms with Gasteiger partial charge in [-0.05, 0) is 52.5 Å². The summed E-state index contributed by atoms with van der Waals surface area (Å²) in [5.74, 6) is 0. The molecule has 0 saturated carbocycles. The highest BCUT2D eigenvalue weighted by Gasteiger charge is 2.37. The first-order valence-electron chi connectivity index (χ1n) is 8.18. The molecule has 4 heteroatoms. The highest BCUT2D eigenvalue weighted by Crippen LogP contribution is 2.35. The number of benzene rings is 1. The fourth-order valence-electron chi connectivity index (χ4n) is 2.98. The molecule has 4 nitrogen and oxygen atoms in total. The van der Waals surface area contributed by atoms with Crippen LogP contribution in [-0.2, 0) is 11.2 Å². The highest BCUT2D eigenvalue weighted by molar-refractivity contribution is 5.68. The first kappa shape index (κ1) is 17.3. The van der Waals surface area contributed by atoms with Gasteiger partial charge < -0.3 is 9.64 Å². The summed E-state index contributed by atoms with van der Waals surface area (Å²) in [5.41, 5.74) is 1.54. The minimum absolute atomic E-state index is 0.278. The van der Waals surface area contributed by atoms with Crippen LogP contribution in [0.2, 0.25) is 0 Å². The Hall–Kier alpha value is -2.02. The summed E-state index contributed by atoms with van der Waals surface area (Å²) >= 11 is 0. The van der Waals surface area contributed by atoms with Gasteiger partial charge in [0.2, 0.25) is 0 Å². The van der Waals surface area contributed by atoms with E-state index in [4.69, 9.17) is 4.74 Å². The van der Waals surface area contributed by atoms with Crippen molar-refractivity contribution in [2.75, 3.05) is 13.1 Å². The minimum Gasteiger partial charge on any atom is -0.444 e. The average Bonchev–Trinajstić information content (AvgIpc) is 2.46. The van der Waals surface area contributed by atoms with Gasteiger partial charge in [0.15, 0.2) is 0 Å². The third kappa shape index (κ3) is 4.72. The lowest BCUT2D eigenvalue weighted by Crippen LogP contribution is -2.45. The molecular weight excluding hydrogens is 288 g/mol. The molecule has 1 aliphatic rings. The zero-order valence-corrected chi connectivity index (χ0v) is 14.6. The summed E-state index contributed by atoms with van der Waals surface area (Å²) in [4.78, 5) is 13.9. The van der Waals surface area contributed by atoms with Gasteiger partial charge in [0.1, 0.15) is 5.60 Å².